The Morgan fingerprint density at radius 2 is 1.64 bits per heavy atom. The first-order valence-electron chi connectivity index (χ1n) is 7.37. The summed E-state index contributed by atoms with van der Waals surface area (Å²) in [6.45, 7) is 2.03. The van der Waals surface area contributed by atoms with Crippen LogP contribution >= 0.6 is 11.8 Å². The summed E-state index contributed by atoms with van der Waals surface area (Å²) < 4.78 is 9.64. The van der Waals surface area contributed by atoms with Crippen molar-refractivity contribution >= 4 is 29.7 Å². The summed E-state index contributed by atoms with van der Waals surface area (Å²) in [4.78, 5) is 36.0. The van der Waals surface area contributed by atoms with E-state index in [1.165, 1.54) is 31.0 Å². The standard InChI is InChI=1S/C18H16O6S/c1-3-24-17(21)11-4-7-13(8-5-11)25-15-9-6-12(16(19)20)10-14(15)18(22)23-2/h4-10H,3H2,1-2H3,(H,19,20). The first-order chi connectivity index (χ1) is 12.0. The van der Waals surface area contributed by atoms with Gasteiger partial charge in [-0.15, -0.1) is 0 Å². The molecule has 0 aromatic heterocycles. The summed E-state index contributed by atoms with van der Waals surface area (Å²) in [5.74, 6) is -2.14. The van der Waals surface area contributed by atoms with Gasteiger partial charge in [-0.2, -0.15) is 0 Å². The van der Waals surface area contributed by atoms with E-state index in [1.807, 2.05) is 0 Å². The number of carboxylic acid groups (broad SMARTS) is 1. The van der Waals surface area contributed by atoms with Gasteiger partial charge in [0.15, 0.2) is 0 Å². The van der Waals surface area contributed by atoms with Crippen molar-refractivity contribution in [3.05, 3.63) is 59.2 Å². The van der Waals surface area contributed by atoms with Crippen LogP contribution in [0.25, 0.3) is 0 Å². The lowest BCUT2D eigenvalue weighted by atomic mass is 10.1. The topological polar surface area (TPSA) is 89.9 Å². The Labute approximate surface area is 148 Å². The molecule has 0 spiro atoms. The van der Waals surface area contributed by atoms with Gasteiger partial charge in [0.25, 0.3) is 0 Å². The predicted molar refractivity (Wildman–Crippen MR) is 91.3 cm³/mol. The molecule has 0 aliphatic rings. The second-order valence-corrected chi connectivity index (χ2v) is 5.97. The quantitative estimate of drug-likeness (QED) is 0.789. The van der Waals surface area contributed by atoms with Crippen molar-refractivity contribution in [2.75, 3.05) is 13.7 Å². The van der Waals surface area contributed by atoms with Crippen LogP contribution in [0.3, 0.4) is 0 Å². The normalized spacial score (nSPS) is 10.2. The van der Waals surface area contributed by atoms with E-state index >= 15 is 0 Å². The van der Waals surface area contributed by atoms with E-state index in [1.54, 1.807) is 37.3 Å². The third-order valence-corrected chi connectivity index (χ3v) is 4.31. The van der Waals surface area contributed by atoms with E-state index < -0.39 is 17.9 Å². The average molecular weight is 360 g/mol. The molecule has 2 rings (SSSR count). The van der Waals surface area contributed by atoms with Crippen LogP contribution in [0.1, 0.15) is 38.0 Å². The highest BCUT2D eigenvalue weighted by molar-refractivity contribution is 7.99. The molecule has 6 nitrogen and oxygen atoms in total. The molecular formula is C18H16O6S. The molecule has 0 unspecified atom stereocenters. The van der Waals surface area contributed by atoms with Crippen molar-refractivity contribution in [2.24, 2.45) is 0 Å². The van der Waals surface area contributed by atoms with E-state index in [9.17, 15) is 14.4 Å². The fraction of sp³-hybridized carbons (Fsp3) is 0.167. The van der Waals surface area contributed by atoms with Crippen LogP contribution in [-0.2, 0) is 9.47 Å². The predicted octanol–water partition coefficient (Wildman–Crippen LogP) is 3.50. The Morgan fingerprint density at radius 1 is 1.00 bits per heavy atom. The Kier molecular flexibility index (Phi) is 6.19. The van der Waals surface area contributed by atoms with E-state index in [0.717, 1.165) is 4.90 Å². The Morgan fingerprint density at radius 3 is 2.20 bits per heavy atom. The average Bonchev–Trinajstić information content (AvgIpc) is 2.62. The Balaban J connectivity index is 2.28. The lowest BCUT2D eigenvalue weighted by Crippen LogP contribution is -2.06. The number of benzene rings is 2. The molecule has 7 heteroatoms. The molecule has 0 fully saturated rings. The summed E-state index contributed by atoms with van der Waals surface area (Å²) in [5.41, 5.74) is 0.602. The van der Waals surface area contributed by atoms with Gasteiger partial charge in [0.05, 0.1) is 30.4 Å². The molecule has 130 valence electrons. The number of rotatable bonds is 6. The molecule has 0 aliphatic heterocycles. The monoisotopic (exact) mass is 360 g/mol. The molecule has 25 heavy (non-hydrogen) atoms. The molecule has 0 saturated heterocycles. The number of carboxylic acids is 1. The minimum atomic E-state index is -1.12. The van der Waals surface area contributed by atoms with Crippen LogP contribution in [0, 0.1) is 0 Å². The van der Waals surface area contributed by atoms with Gasteiger partial charge in [-0.3, -0.25) is 0 Å². The lowest BCUT2D eigenvalue weighted by Gasteiger charge is -2.09. The van der Waals surface area contributed by atoms with E-state index in [4.69, 9.17) is 14.6 Å². The zero-order valence-electron chi connectivity index (χ0n) is 13.6. The first kappa shape index (κ1) is 18.5. The molecule has 0 heterocycles. The van der Waals surface area contributed by atoms with Crippen LogP contribution in [-0.4, -0.2) is 36.7 Å². The number of esters is 2. The van der Waals surface area contributed by atoms with Crippen LogP contribution in [0.4, 0.5) is 0 Å². The van der Waals surface area contributed by atoms with Crippen LogP contribution in [0.2, 0.25) is 0 Å². The van der Waals surface area contributed by atoms with Gasteiger partial charge in [0.2, 0.25) is 0 Å². The first-order valence-corrected chi connectivity index (χ1v) is 8.18. The highest BCUT2D eigenvalue weighted by Gasteiger charge is 2.16. The third-order valence-electron chi connectivity index (χ3n) is 3.23. The number of methoxy groups -OCH3 is 1. The van der Waals surface area contributed by atoms with Crippen molar-refractivity contribution in [2.45, 2.75) is 16.7 Å². The summed E-state index contributed by atoms with van der Waals surface area (Å²) in [6.07, 6.45) is 0. The molecule has 0 amide bonds. The minimum absolute atomic E-state index is 0.00223. The third kappa shape index (κ3) is 4.60. The van der Waals surface area contributed by atoms with Crippen LogP contribution in [0.5, 0.6) is 0 Å². The van der Waals surface area contributed by atoms with Gasteiger partial charge in [0, 0.05) is 9.79 Å². The summed E-state index contributed by atoms with van der Waals surface area (Å²) in [7, 11) is 1.23. The van der Waals surface area contributed by atoms with E-state index in [0.29, 0.717) is 17.1 Å². The summed E-state index contributed by atoms with van der Waals surface area (Å²) in [6, 6.07) is 11.0. The maximum absolute atomic E-state index is 11.9. The van der Waals surface area contributed by atoms with Crippen molar-refractivity contribution in [1.82, 2.24) is 0 Å². The van der Waals surface area contributed by atoms with Gasteiger partial charge < -0.3 is 14.6 Å². The largest absolute Gasteiger partial charge is 0.478 e. The number of aromatic carboxylic acids is 1. The molecule has 0 atom stereocenters. The van der Waals surface area contributed by atoms with Crippen molar-refractivity contribution < 1.29 is 29.0 Å². The number of hydrogen-bond donors (Lipinski definition) is 1. The summed E-state index contributed by atoms with van der Waals surface area (Å²) >= 11 is 1.27. The summed E-state index contributed by atoms with van der Waals surface area (Å²) in [5, 5.41) is 9.07. The second-order valence-electron chi connectivity index (χ2n) is 4.85. The highest BCUT2D eigenvalue weighted by Crippen LogP contribution is 2.32. The maximum Gasteiger partial charge on any atom is 0.339 e. The molecule has 0 saturated carbocycles. The van der Waals surface area contributed by atoms with E-state index in [2.05, 4.69) is 0 Å². The maximum atomic E-state index is 11.9. The zero-order valence-corrected chi connectivity index (χ0v) is 14.5. The van der Waals surface area contributed by atoms with Crippen LogP contribution < -0.4 is 0 Å². The van der Waals surface area contributed by atoms with Crippen molar-refractivity contribution in [3.8, 4) is 0 Å². The van der Waals surface area contributed by atoms with Gasteiger partial charge in [0.1, 0.15) is 0 Å². The van der Waals surface area contributed by atoms with Gasteiger partial charge >= 0.3 is 17.9 Å². The second kappa shape index (κ2) is 8.34. The highest BCUT2D eigenvalue weighted by atomic mass is 32.2. The molecule has 1 N–H and O–H groups in total. The number of hydrogen-bond acceptors (Lipinski definition) is 6. The number of carbonyl (C=O) groups excluding carboxylic acids is 2. The number of ether oxygens (including phenoxy) is 2. The van der Waals surface area contributed by atoms with Crippen molar-refractivity contribution in [3.63, 3.8) is 0 Å². The van der Waals surface area contributed by atoms with Crippen molar-refractivity contribution in [1.29, 1.82) is 0 Å². The lowest BCUT2D eigenvalue weighted by molar-refractivity contribution is 0.0524. The van der Waals surface area contributed by atoms with Gasteiger partial charge in [-0.25, -0.2) is 14.4 Å². The van der Waals surface area contributed by atoms with Gasteiger partial charge in [-0.05, 0) is 49.4 Å². The Bertz CT molecular complexity index is 798. The zero-order chi connectivity index (χ0) is 18.4. The molecule has 0 bridgehead atoms. The SMILES string of the molecule is CCOC(=O)c1ccc(Sc2ccc(C(=O)O)cc2C(=O)OC)cc1. The molecule has 2 aromatic rings. The minimum Gasteiger partial charge on any atom is -0.478 e. The number of carbonyl (C=O) groups is 3. The smallest absolute Gasteiger partial charge is 0.339 e. The Hall–Kier alpha value is -2.80. The molecular weight excluding hydrogens is 344 g/mol. The van der Waals surface area contributed by atoms with Gasteiger partial charge in [-0.1, -0.05) is 11.8 Å². The van der Waals surface area contributed by atoms with Crippen LogP contribution in [0.15, 0.2) is 52.3 Å². The molecule has 2 aromatic carbocycles. The van der Waals surface area contributed by atoms with E-state index in [-0.39, 0.29) is 11.1 Å². The fourth-order valence-corrected chi connectivity index (χ4v) is 2.94. The molecule has 0 aliphatic carbocycles. The molecule has 0 radical (unpaired) electrons. The fourth-order valence-electron chi connectivity index (χ4n) is 2.02.